The number of nitrogens with one attached hydrogen (secondary N) is 3. The Morgan fingerprint density at radius 2 is 1.80 bits per heavy atom. The molecule has 3 N–H and O–H groups in total. The van der Waals surface area contributed by atoms with Crippen molar-refractivity contribution in [3.63, 3.8) is 0 Å². The number of H-pyrrole nitrogens is 1. The number of hydrogen-bond donors (Lipinski definition) is 3. The maximum Gasteiger partial charge on any atom is 0.240 e. The molecule has 2 aromatic carbocycles. The zero-order chi connectivity index (χ0) is 21.3. The molecule has 0 unspecified atom stereocenters. The number of aromatic nitrogens is 3. The first-order valence-corrected chi connectivity index (χ1v) is 10.8. The fourth-order valence-corrected chi connectivity index (χ4v) is 4.00. The summed E-state index contributed by atoms with van der Waals surface area (Å²) in [7, 11) is 1.84. The SMILES string of the molecule is CNS(=O)(=O)c1cccc(Nc2ncnc3[nH]cc(-c4ccc(N(C)C)cc4)c23)c1. The van der Waals surface area contributed by atoms with Crippen molar-refractivity contribution >= 4 is 38.2 Å². The molecular weight excluding hydrogens is 400 g/mol. The first-order chi connectivity index (χ1) is 14.4. The average Bonchev–Trinajstić information content (AvgIpc) is 3.19. The number of fused-ring (bicyclic) bond motifs is 1. The molecule has 2 aromatic heterocycles. The monoisotopic (exact) mass is 422 g/mol. The molecule has 4 rings (SSSR count). The molecule has 0 fully saturated rings. The van der Waals surface area contributed by atoms with Crippen LogP contribution >= 0.6 is 0 Å². The van der Waals surface area contributed by atoms with Crippen molar-refractivity contribution in [2.24, 2.45) is 0 Å². The van der Waals surface area contributed by atoms with Crippen LogP contribution in [0.5, 0.6) is 0 Å². The molecule has 9 heteroatoms. The third-order valence-electron chi connectivity index (χ3n) is 4.84. The van der Waals surface area contributed by atoms with E-state index >= 15 is 0 Å². The van der Waals surface area contributed by atoms with E-state index in [-0.39, 0.29) is 4.90 Å². The molecule has 0 amide bonds. The molecule has 154 valence electrons. The summed E-state index contributed by atoms with van der Waals surface area (Å²) in [5.74, 6) is 0.590. The highest BCUT2D eigenvalue weighted by Crippen LogP contribution is 2.34. The van der Waals surface area contributed by atoms with E-state index in [0.29, 0.717) is 17.2 Å². The van der Waals surface area contributed by atoms with Crippen LogP contribution in [0.4, 0.5) is 17.2 Å². The van der Waals surface area contributed by atoms with Crippen molar-refractivity contribution in [2.45, 2.75) is 4.90 Å². The van der Waals surface area contributed by atoms with Crippen molar-refractivity contribution in [3.8, 4) is 11.1 Å². The van der Waals surface area contributed by atoms with Crippen molar-refractivity contribution in [1.29, 1.82) is 0 Å². The lowest BCUT2D eigenvalue weighted by atomic mass is 10.1. The maximum absolute atomic E-state index is 12.1. The van der Waals surface area contributed by atoms with E-state index in [1.54, 1.807) is 24.3 Å². The van der Waals surface area contributed by atoms with Crippen LogP contribution in [-0.4, -0.2) is 44.5 Å². The highest BCUT2D eigenvalue weighted by molar-refractivity contribution is 7.89. The molecule has 0 atom stereocenters. The van der Waals surface area contributed by atoms with E-state index in [1.807, 2.05) is 25.2 Å². The molecule has 0 radical (unpaired) electrons. The fraction of sp³-hybridized carbons (Fsp3) is 0.143. The lowest BCUT2D eigenvalue weighted by Crippen LogP contribution is -2.18. The quantitative estimate of drug-likeness (QED) is 0.440. The third-order valence-corrected chi connectivity index (χ3v) is 6.25. The molecule has 0 bridgehead atoms. The topological polar surface area (TPSA) is 103 Å². The maximum atomic E-state index is 12.1. The van der Waals surface area contributed by atoms with Gasteiger partial charge in [-0.2, -0.15) is 0 Å². The number of rotatable bonds is 6. The molecular formula is C21H22N6O2S. The van der Waals surface area contributed by atoms with E-state index in [4.69, 9.17) is 0 Å². The minimum Gasteiger partial charge on any atom is -0.378 e. The summed E-state index contributed by atoms with van der Waals surface area (Å²) < 4.78 is 26.6. The summed E-state index contributed by atoms with van der Waals surface area (Å²) in [5.41, 5.74) is 4.39. The Hall–Kier alpha value is -3.43. The van der Waals surface area contributed by atoms with Crippen LogP contribution in [0.25, 0.3) is 22.2 Å². The normalized spacial score (nSPS) is 11.6. The number of sulfonamides is 1. The highest BCUT2D eigenvalue weighted by atomic mass is 32.2. The van der Waals surface area contributed by atoms with E-state index in [1.165, 1.54) is 13.4 Å². The van der Waals surface area contributed by atoms with Crippen LogP contribution in [0.2, 0.25) is 0 Å². The minimum absolute atomic E-state index is 0.175. The molecule has 0 aliphatic carbocycles. The number of aromatic amines is 1. The second-order valence-corrected chi connectivity index (χ2v) is 8.84. The Kier molecular flexibility index (Phi) is 5.15. The van der Waals surface area contributed by atoms with Gasteiger partial charge in [0.1, 0.15) is 17.8 Å². The Balaban J connectivity index is 1.76. The van der Waals surface area contributed by atoms with Gasteiger partial charge in [-0.25, -0.2) is 23.1 Å². The van der Waals surface area contributed by atoms with Gasteiger partial charge in [-0.15, -0.1) is 0 Å². The van der Waals surface area contributed by atoms with Crippen molar-refractivity contribution in [2.75, 3.05) is 31.4 Å². The summed E-state index contributed by atoms with van der Waals surface area (Å²) in [5, 5.41) is 4.07. The molecule has 0 spiro atoms. The van der Waals surface area contributed by atoms with Crippen LogP contribution < -0.4 is 14.9 Å². The van der Waals surface area contributed by atoms with Gasteiger partial charge in [0.2, 0.25) is 10.0 Å². The lowest BCUT2D eigenvalue weighted by molar-refractivity contribution is 0.588. The van der Waals surface area contributed by atoms with E-state index < -0.39 is 10.0 Å². The lowest BCUT2D eigenvalue weighted by Gasteiger charge is -2.13. The first-order valence-electron chi connectivity index (χ1n) is 9.29. The van der Waals surface area contributed by atoms with Gasteiger partial charge in [0.05, 0.1) is 10.3 Å². The molecule has 0 saturated heterocycles. The van der Waals surface area contributed by atoms with Gasteiger partial charge in [0, 0.05) is 37.2 Å². The molecule has 0 aliphatic rings. The Labute approximate surface area is 175 Å². The minimum atomic E-state index is -3.54. The van der Waals surface area contributed by atoms with Gasteiger partial charge in [-0.05, 0) is 42.9 Å². The number of hydrogen-bond acceptors (Lipinski definition) is 6. The summed E-state index contributed by atoms with van der Waals surface area (Å²) in [6.07, 6.45) is 3.37. The van der Waals surface area contributed by atoms with Crippen molar-refractivity contribution < 1.29 is 8.42 Å². The van der Waals surface area contributed by atoms with Gasteiger partial charge < -0.3 is 15.2 Å². The highest BCUT2D eigenvalue weighted by Gasteiger charge is 2.15. The Morgan fingerprint density at radius 3 is 2.50 bits per heavy atom. The molecule has 8 nitrogen and oxygen atoms in total. The van der Waals surface area contributed by atoms with Crippen LogP contribution in [0.1, 0.15) is 0 Å². The van der Waals surface area contributed by atoms with E-state index in [2.05, 4.69) is 49.3 Å². The Morgan fingerprint density at radius 1 is 1.03 bits per heavy atom. The molecule has 4 aromatic rings. The zero-order valence-corrected chi connectivity index (χ0v) is 17.7. The molecule has 30 heavy (non-hydrogen) atoms. The van der Waals surface area contributed by atoms with E-state index in [9.17, 15) is 8.42 Å². The number of nitrogens with zero attached hydrogens (tertiary/aromatic N) is 3. The summed E-state index contributed by atoms with van der Waals surface area (Å²) in [6.45, 7) is 0. The zero-order valence-electron chi connectivity index (χ0n) is 16.8. The van der Waals surface area contributed by atoms with Crippen molar-refractivity contribution in [3.05, 3.63) is 61.1 Å². The van der Waals surface area contributed by atoms with Gasteiger partial charge >= 0.3 is 0 Å². The number of benzene rings is 2. The van der Waals surface area contributed by atoms with Gasteiger partial charge in [0.15, 0.2) is 0 Å². The van der Waals surface area contributed by atoms with Gasteiger partial charge in [-0.1, -0.05) is 18.2 Å². The summed E-state index contributed by atoms with van der Waals surface area (Å²) in [6, 6.07) is 14.8. The van der Waals surface area contributed by atoms with Crippen molar-refractivity contribution in [1.82, 2.24) is 19.7 Å². The standard InChI is InChI=1S/C21H22N6O2S/c1-22-30(28,29)17-6-4-5-15(11-17)26-21-19-18(12-23-20(19)24-13-25-21)14-7-9-16(10-8-14)27(2)3/h4-13,22H,1-3H3,(H2,23,24,25,26). The average molecular weight is 423 g/mol. The van der Waals surface area contributed by atoms with Crippen LogP contribution in [0.15, 0.2) is 66.0 Å². The molecule has 0 aliphatic heterocycles. The summed E-state index contributed by atoms with van der Waals surface area (Å²) >= 11 is 0. The Bertz CT molecular complexity index is 1300. The van der Waals surface area contributed by atoms with Gasteiger partial charge in [0.25, 0.3) is 0 Å². The molecule has 0 saturated carbocycles. The summed E-state index contributed by atoms with van der Waals surface area (Å²) in [4.78, 5) is 14.1. The second kappa shape index (κ2) is 7.77. The second-order valence-electron chi connectivity index (χ2n) is 6.95. The first kappa shape index (κ1) is 19.9. The predicted molar refractivity (Wildman–Crippen MR) is 120 cm³/mol. The third kappa shape index (κ3) is 3.72. The molecule has 2 heterocycles. The van der Waals surface area contributed by atoms with E-state index in [0.717, 1.165) is 22.2 Å². The predicted octanol–water partition coefficient (Wildman–Crippen LogP) is 3.34. The van der Waals surface area contributed by atoms with Crippen LogP contribution in [0, 0.1) is 0 Å². The number of anilines is 3. The fourth-order valence-electron chi connectivity index (χ4n) is 3.22. The van der Waals surface area contributed by atoms with Crippen LogP contribution in [0.3, 0.4) is 0 Å². The smallest absolute Gasteiger partial charge is 0.240 e. The van der Waals surface area contributed by atoms with Crippen LogP contribution in [-0.2, 0) is 10.0 Å². The van der Waals surface area contributed by atoms with Gasteiger partial charge in [-0.3, -0.25) is 0 Å². The largest absolute Gasteiger partial charge is 0.378 e.